The van der Waals surface area contributed by atoms with E-state index in [1.807, 2.05) is 82.6 Å². The fraction of sp³-hybridized carbons (Fsp3) is 0.389. The molecule has 1 aromatic heterocycles. The third-order valence-corrected chi connectivity index (χ3v) is 8.13. The number of anilines is 1. The molecule has 0 aliphatic carbocycles. The van der Waals surface area contributed by atoms with Gasteiger partial charge >= 0.3 is 0 Å². The smallest absolute Gasteiger partial charge is 0.258 e. The van der Waals surface area contributed by atoms with Gasteiger partial charge in [-0.2, -0.15) is 0 Å². The van der Waals surface area contributed by atoms with Gasteiger partial charge in [-0.15, -0.1) is 0 Å². The Morgan fingerprint density at radius 2 is 1.61 bits per heavy atom. The number of nitrogens with zero attached hydrogens (tertiary/aromatic N) is 4. The average molecular weight is 594 g/mol. The van der Waals surface area contributed by atoms with Gasteiger partial charge in [0.2, 0.25) is 11.8 Å². The zero-order valence-electron chi connectivity index (χ0n) is 25.9. The fourth-order valence-electron chi connectivity index (χ4n) is 5.99. The number of para-hydroxylation sites is 2. The van der Waals surface area contributed by atoms with Crippen LogP contribution in [0.3, 0.4) is 0 Å². The van der Waals surface area contributed by atoms with Crippen molar-refractivity contribution in [2.45, 2.75) is 52.5 Å². The number of aromatic amines is 1. The van der Waals surface area contributed by atoms with Crippen LogP contribution < -0.4 is 10.5 Å². The van der Waals surface area contributed by atoms with Gasteiger partial charge in [0.1, 0.15) is 5.82 Å². The number of H-pyrrole nitrogens is 1. The van der Waals surface area contributed by atoms with Crippen LogP contribution >= 0.6 is 0 Å². The molecular formula is C36H43N5O3. The van der Waals surface area contributed by atoms with E-state index in [2.05, 4.69) is 28.7 Å². The maximum Gasteiger partial charge on any atom is 0.258 e. The van der Waals surface area contributed by atoms with Crippen molar-refractivity contribution in [1.29, 1.82) is 0 Å². The van der Waals surface area contributed by atoms with Gasteiger partial charge in [-0.25, -0.2) is 4.98 Å². The maximum absolute atomic E-state index is 13.7. The summed E-state index contributed by atoms with van der Waals surface area (Å²) >= 11 is 0. The Hall–Kier alpha value is -4.30. The van der Waals surface area contributed by atoms with Crippen molar-refractivity contribution in [3.63, 3.8) is 0 Å². The molecular weight excluding hydrogens is 550 g/mol. The maximum atomic E-state index is 13.7. The molecule has 0 fully saturated rings. The van der Waals surface area contributed by atoms with E-state index < -0.39 is 0 Å². The largest absolute Gasteiger partial charge is 0.337 e. The summed E-state index contributed by atoms with van der Waals surface area (Å²) in [7, 11) is 0. The first-order chi connectivity index (χ1) is 21.4. The molecule has 0 radical (unpaired) electrons. The summed E-state index contributed by atoms with van der Waals surface area (Å²) in [5.41, 5.74) is 3.35. The van der Waals surface area contributed by atoms with Crippen molar-refractivity contribution in [2.24, 2.45) is 5.92 Å². The lowest BCUT2D eigenvalue weighted by Gasteiger charge is -2.29. The Balaban J connectivity index is 1.35. The Bertz CT molecular complexity index is 1620. The molecule has 1 aliphatic rings. The van der Waals surface area contributed by atoms with E-state index in [9.17, 15) is 14.4 Å². The second-order valence-electron chi connectivity index (χ2n) is 12.1. The van der Waals surface area contributed by atoms with Crippen LogP contribution in [-0.2, 0) is 29.0 Å². The molecule has 3 aromatic carbocycles. The van der Waals surface area contributed by atoms with Gasteiger partial charge in [-0.3, -0.25) is 14.4 Å². The Kier molecular flexibility index (Phi) is 10.6. The average Bonchev–Trinajstić information content (AvgIpc) is 3.04. The summed E-state index contributed by atoms with van der Waals surface area (Å²) in [6.07, 6.45) is 2.62. The van der Waals surface area contributed by atoms with Gasteiger partial charge < -0.3 is 19.7 Å². The summed E-state index contributed by atoms with van der Waals surface area (Å²) < 4.78 is 0. The molecule has 0 unspecified atom stereocenters. The molecule has 1 aliphatic heterocycles. The molecule has 0 bridgehead atoms. The highest BCUT2D eigenvalue weighted by atomic mass is 16.2. The predicted molar refractivity (Wildman–Crippen MR) is 176 cm³/mol. The van der Waals surface area contributed by atoms with Crippen molar-refractivity contribution in [3.05, 3.63) is 106 Å². The molecule has 44 heavy (non-hydrogen) atoms. The van der Waals surface area contributed by atoms with E-state index in [-0.39, 0.29) is 17.4 Å². The Morgan fingerprint density at radius 3 is 2.43 bits per heavy atom. The van der Waals surface area contributed by atoms with Crippen molar-refractivity contribution in [3.8, 4) is 0 Å². The van der Waals surface area contributed by atoms with Crippen LogP contribution in [0.15, 0.2) is 83.7 Å². The molecule has 2 amide bonds. The van der Waals surface area contributed by atoms with Gasteiger partial charge in [0, 0.05) is 51.3 Å². The summed E-state index contributed by atoms with van der Waals surface area (Å²) in [6, 6.07) is 25.1. The molecule has 230 valence electrons. The van der Waals surface area contributed by atoms with Crippen LogP contribution in [0, 0.1) is 5.92 Å². The Morgan fingerprint density at radius 1 is 0.864 bits per heavy atom. The highest BCUT2D eigenvalue weighted by Crippen LogP contribution is 2.25. The number of nitrogens with one attached hydrogen (secondary N) is 1. The lowest BCUT2D eigenvalue weighted by Crippen LogP contribution is -2.40. The first-order valence-corrected chi connectivity index (χ1v) is 15.8. The van der Waals surface area contributed by atoms with Crippen molar-refractivity contribution in [1.82, 2.24) is 19.8 Å². The highest BCUT2D eigenvalue weighted by molar-refractivity contribution is 5.95. The van der Waals surface area contributed by atoms with E-state index in [1.54, 1.807) is 6.07 Å². The van der Waals surface area contributed by atoms with Crippen LogP contribution in [0.1, 0.15) is 50.1 Å². The predicted octanol–water partition coefficient (Wildman–Crippen LogP) is 5.21. The lowest BCUT2D eigenvalue weighted by atomic mass is 10.1. The molecule has 0 saturated carbocycles. The highest BCUT2D eigenvalue weighted by Gasteiger charge is 2.24. The van der Waals surface area contributed by atoms with Gasteiger partial charge in [-0.1, -0.05) is 74.5 Å². The first-order valence-electron chi connectivity index (χ1n) is 15.8. The molecule has 8 nitrogen and oxygen atoms in total. The number of fused-ring (bicyclic) bond motifs is 2. The molecule has 0 spiro atoms. The number of aromatic nitrogens is 2. The second kappa shape index (κ2) is 14.9. The monoisotopic (exact) mass is 593 g/mol. The van der Waals surface area contributed by atoms with Crippen LogP contribution in [0.5, 0.6) is 0 Å². The SMILES string of the molecule is CC(C)CN1CCCN(C(=O)Cc2ccccc2)c2ccccc2CN(C(=O)CCCc2nc3ccccc3c(=O)[nH]2)CC1. The molecule has 5 rings (SSSR count). The second-order valence-corrected chi connectivity index (χ2v) is 12.1. The zero-order chi connectivity index (χ0) is 30.9. The summed E-state index contributed by atoms with van der Waals surface area (Å²) in [5.74, 6) is 1.22. The third-order valence-electron chi connectivity index (χ3n) is 8.13. The normalized spacial score (nSPS) is 14.8. The number of benzene rings is 3. The van der Waals surface area contributed by atoms with E-state index in [4.69, 9.17) is 0 Å². The number of carbonyl (C=O) groups is 2. The van der Waals surface area contributed by atoms with Crippen LogP contribution in [-0.4, -0.2) is 64.3 Å². The number of aryl methyl sites for hydroxylation is 1. The first kappa shape index (κ1) is 31.1. The van der Waals surface area contributed by atoms with E-state index in [0.29, 0.717) is 68.0 Å². The van der Waals surface area contributed by atoms with Crippen molar-refractivity contribution >= 4 is 28.4 Å². The third kappa shape index (κ3) is 8.20. The summed E-state index contributed by atoms with van der Waals surface area (Å²) in [4.78, 5) is 53.7. The van der Waals surface area contributed by atoms with Crippen molar-refractivity contribution in [2.75, 3.05) is 37.6 Å². The van der Waals surface area contributed by atoms with Crippen LogP contribution in [0.4, 0.5) is 5.69 Å². The molecule has 1 N–H and O–H groups in total. The zero-order valence-corrected chi connectivity index (χ0v) is 25.9. The van der Waals surface area contributed by atoms with Gasteiger partial charge in [-0.05, 0) is 54.6 Å². The van der Waals surface area contributed by atoms with Gasteiger partial charge in [0.05, 0.1) is 17.3 Å². The Labute approximate surface area is 259 Å². The topological polar surface area (TPSA) is 89.6 Å². The molecule has 4 aromatic rings. The van der Waals surface area contributed by atoms with E-state index in [1.165, 1.54) is 0 Å². The molecule has 8 heteroatoms. The lowest BCUT2D eigenvalue weighted by molar-refractivity contribution is -0.132. The number of rotatable bonds is 8. The van der Waals surface area contributed by atoms with E-state index in [0.717, 1.165) is 42.9 Å². The minimum absolute atomic E-state index is 0.0630. The quantitative estimate of drug-likeness (QED) is 0.303. The fourth-order valence-corrected chi connectivity index (χ4v) is 5.99. The van der Waals surface area contributed by atoms with Crippen molar-refractivity contribution < 1.29 is 9.59 Å². The molecule has 2 heterocycles. The molecule has 0 saturated heterocycles. The summed E-state index contributed by atoms with van der Waals surface area (Å²) in [5, 5.41) is 0.566. The van der Waals surface area contributed by atoms with Gasteiger partial charge in [0.25, 0.3) is 5.56 Å². The number of hydrogen-bond acceptors (Lipinski definition) is 5. The number of amides is 2. The standard InChI is InChI=1S/C36H43N5O3/c1-27(2)25-39-20-11-21-41(35(43)24-28-12-4-3-5-13-28)32-17-9-6-14-29(32)26-40(23-22-39)34(42)19-10-18-33-37-31-16-8-7-15-30(31)36(44)38-33/h3-9,12-17,27H,10-11,18-26H2,1-2H3,(H,37,38,44). The van der Waals surface area contributed by atoms with Crippen LogP contribution in [0.25, 0.3) is 10.9 Å². The number of hydrogen-bond donors (Lipinski definition) is 1. The molecule has 0 atom stereocenters. The van der Waals surface area contributed by atoms with Crippen LogP contribution in [0.2, 0.25) is 0 Å². The minimum Gasteiger partial charge on any atom is -0.337 e. The number of carbonyl (C=O) groups excluding carboxylic acids is 2. The van der Waals surface area contributed by atoms with E-state index >= 15 is 0 Å². The van der Waals surface area contributed by atoms with Gasteiger partial charge in [0.15, 0.2) is 0 Å². The minimum atomic E-state index is -0.155. The summed E-state index contributed by atoms with van der Waals surface area (Å²) in [6.45, 7) is 8.68.